The number of amides is 2. The number of carbonyl (C=O) groups is 2. The molecule has 2 heterocycles. The minimum absolute atomic E-state index is 0.0447. The zero-order valence-corrected chi connectivity index (χ0v) is 18.8. The quantitative estimate of drug-likeness (QED) is 0.591. The maximum Gasteiger partial charge on any atom is 0.234 e. The Bertz CT molecular complexity index is 682. The molecule has 2 fully saturated rings. The van der Waals surface area contributed by atoms with E-state index < -0.39 is 6.10 Å². The molecule has 1 aromatic rings. The van der Waals surface area contributed by atoms with Crippen LogP contribution in [0.4, 0.5) is 0 Å². The third-order valence-electron chi connectivity index (χ3n) is 6.62. The molecule has 2 atom stereocenters. The van der Waals surface area contributed by atoms with E-state index in [9.17, 15) is 14.7 Å². The number of benzene rings is 1. The molecule has 2 aliphatic heterocycles. The van der Waals surface area contributed by atoms with Crippen LogP contribution in [0, 0.1) is 0 Å². The van der Waals surface area contributed by atoms with Gasteiger partial charge in [0.15, 0.2) is 0 Å². The highest BCUT2D eigenvalue weighted by Crippen LogP contribution is 2.26. The molecule has 6 nitrogen and oxygen atoms in total. The molecule has 0 radical (unpaired) electrons. The van der Waals surface area contributed by atoms with E-state index in [1.54, 1.807) is 0 Å². The summed E-state index contributed by atoms with van der Waals surface area (Å²) in [6, 6.07) is 10.0. The zero-order valence-electron chi connectivity index (χ0n) is 18.8. The van der Waals surface area contributed by atoms with Gasteiger partial charge in [0.25, 0.3) is 0 Å². The SMILES string of the molecule is O=C(CN1CCCCC[C@H]1C[C@H](O)c1ccccc1)NCCCN1CCCCCC1=O. The van der Waals surface area contributed by atoms with Gasteiger partial charge in [-0.15, -0.1) is 0 Å². The van der Waals surface area contributed by atoms with Gasteiger partial charge in [-0.2, -0.15) is 0 Å². The van der Waals surface area contributed by atoms with Gasteiger partial charge in [0, 0.05) is 32.1 Å². The lowest BCUT2D eigenvalue weighted by molar-refractivity contribution is -0.130. The van der Waals surface area contributed by atoms with Crippen LogP contribution in [0.15, 0.2) is 30.3 Å². The van der Waals surface area contributed by atoms with Crippen molar-refractivity contribution in [3.8, 4) is 0 Å². The number of aliphatic hydroxyl groups is 1. The van der Waals surface area contributed by atoms with Crippen molar-refractivity contribution in [1.29, 1.82) is 0 Å². The number of nitrogens with one attached hydrogen (secondary N) is 1. The molecule has 2 saturated heterocycles. The summed E-state index contributed by atoms with van der Waals surface area (Å²) in [6.07, 6.45) is 9.30. The summed E-state index contributed by atoms with van der Waals surface area (Å²) >= 11 is 0. The van der Waals surface area contributed by atoms with Crippen LogP contribution in [0.1, 0.15) is 75.9 Å². The summed E-state index contributed by atoms with van der Waals surface area (Å²) in [7, 11) is 0. The lowest BCUT2D eigenvalue weighted by Crippen LogP contribution is -2.44. The fraction of sp³-hybridized carbons (Fsp3) is 0.680. The third-order valence-corrected chi connectivity index (χ3v) is 6.62. The standard InChI is InChI=1S/C25H39N3O3/c29-23(21-11-4-1-5-12-21)19-22-13-6-2-9-17-28(22)20-24(30)26-15-10-18-27-16-8-3-7-14-25(27)31/h1,4-5,11-12,22-23,29H,2-3,6-10,13-20H2,(H,26,30)/t22-,23-/m0/s1. The van der Waals surface area contributed by atoms with Crippen molar-refractivity contribution in [3.63, 3.8) is 0 Å². The van der Waals surface area contributed by atoms with Crippen LogP contribution in [-0.4, -0.2) is 65.5 Å². The van der Waals surface area contributed by atoms with Crippen LogP contribution in [0.3, 0.4) is 0 Å². The number of carbonyl (C=O) groups excluding carboxylic acids is 2. The van der Waals surface area contributed by atoms with E-state index in [0.29, 0.717) is 25.9 Å². The molecule has 3 rings (SSSR count). The minimum Gasteiger partial charge on any atom is -0.388 e. The van der Waals surface area contributed by atoms with Crippen LogP contribution in [0.25, 0.3) is 0 Å². The summed E-state index contributed by atoms with van der Waals surface area (Å²) in [5, 5.41) is 13.7. The van der Waals surface area contributed by atoms with Crippen molar-refractivity contribution < 1.29 is 14.7 Å². The Morgan fingerprint density at radius 2 is 1.84 bits per heavy atom. The smallest absolute Gasteiger partial charge is 0.234 e. The van der Waals surface area contributed by atoms with E-state index in [2.05, 4.69) is 10.2 Å². The van der Waals surface area contributed by atoms with E-state index in [1.165, 1.54) is 6.42 Å². The first-order valence-electron chi connectivity index (χ1n) is 12.1. The van der Waals surface area contributed by atoms with Gasteiger partial charge in [-0.25, -0.2) is 0 Å². The minimum atomic E-state index is -0.499. The summed E-state index contributed by atoms with van der Waals surface area (Å²) in [5.74, 6) is 0.302. The number of hydrogen-bond acceptors (Lipinski definition) is 4. The molecule has 0 aliphatic carbocycles. The number of nitrogens with zero attached hydrogens (tertiary/aromatic N) is 2. The molecule has 2 aliphatic rings. The lowest BCUT2D eigenvalue weighted by atomic mass is 9.98. The van der Waals surface area contributed by atoms with Gasteiger partial charge in [0.1, 0.15) is 0 Å². The molecule has 1 aromatic carbocycles. The monoisotopic (exact) mass is 429 g/mol. The van der Waals surface area contributed by atoms with Crippen molar-refractivity contribution in [2.24, 2.45) is 0 Å². The molecular weight excluding hydrogens is 390 g/mol. The second-order valence-electron chi connectivity index (χ2n) is 9.03. The van der Waals surface area contributed by atoms with Gasteiger partial charge in [-0.1, -0.05) is 49.6 Å². The fourth-order valence-electron chi connectivity index (χ4n) is 4.79. The molecule has 0 saturated carbocycles. The van der Waals surface area contributed by atoms with Gasteiger partial charge in [0.05, 0.1) is 12.6 Å². The van der Waals surface area contributed by atoms with Crippen molar-refractivity contribution in [3.05, 3.63) is 35.9 Å². The third kappa shape index (κ3) is 7.93. The van der Waals surface area contributed by atoms with Crippen LogP contribution >= 0.6 is 0 Å². The van der Waals surface area contributed by atoms with Gasteiger partial charge in [0.2, 0.25) is 11.8 Å². The van der Waals surface area contributed by atoms with Crippen LogP contribution < -0.4 is 5.32 Å². The summed E-state index contributed by atoms with van der Waals surface area (Å²) < 4.78 is 0. The lowest BCUT2D eigenvalue weighted by Gasteiger charge is -2.31. The Morgan fingerprint density at radius 1 is 1.06 bits per heavy atom. The van der Waals surface area contributed by atoms with E-state index in [4.69, 9.17) is 0 Å². The predicted octanol–water partition coefficient (Wildman–Crippen LogP) is 3.26. The largest absolute Gasteiger partial charge is 0.388 e. The molecule has 2 N–H and O–H groups in total. The highest BCUT2D eigenvalue weighted by atomic mass is 16.3. The number of hydrogen-bond donors (Lipinski definition) is 2. The molecule has 0 spiro atoms. The highest BCUT2D eigenvalue weighted by molar-refractivity contribution is 5.78. The fourth-order valence-corrected chi connectivity index (χ4v) is 4.79. The summed E-state index contributed by atoms with van der Waals surface area (Å²) in [5.41, 5.74) is 0.944. The van der Waals surface area contributed by atoms with Crippen molar-refractivity contribution in [2.45, 2.75) is 76.4 Å². The number of aliphatic hydroxyl groups excluding tert-OH is 1. The van der Waals surface area contributed by atoms with Crippen LogP contribution in [0.5, 0.6) is 0 Å². The normalized spacial score (nSPS) is 21.9. The Balaban J connectivity index is 1.43. The van der Waals surface area contributed by atoms with E-state index in [0.717, 1.165) is 70.1 Å². The summed E-state index contributed by atoms with van der Waals surface area (Å²) in [4.78, 5) is 28.9. The van der Waals surface area contributed by atoms with Gasteiger partial charge < -0.3 is 15.3 Å². The second-order valence-corrected chi connectivity index (χ2v) is 9.03. The summed E-state index contributed by atoms with van der Waals surface area (Å²) in [6.45, 7) is 3.48. The van der Waals surface area contributed by atoms with Gasteiger partial charge >= 0.3 is 0 Å². The predicted molar refractivity (Wildman–Crippen MR) is 123 cm³/mol. The first kappa shape index (κ1) is 23.7. The average Bonchev–Trinajstić information content (AvgIpc) is 3.12. The van der Waals surface area contributed by atoms with Crippen LogP contribution in [0.2, 0.25) is 0 Å². The number of likely N-dealkylation sites (tertiary alicyclic amines) is 2. The molecule has 6 heteroatoms. The average molecular weight is 430 g/mol. The van der Waals surface area contributed by atoms with Gasteiger partial charge in [-0.3, -0.25) is 14.5 Å². The van der Waals surface area contributed by atoms with E-state index in [1.807, 2.05) is 35.2 Å². The van der Waals surface area contributed by atoms with Crippen molar-refractivity contribution in [2.75, 3.05) is 32.7 Å². The zero-order chi connectivity index (χ0) is 21.9. The molecule has 0 aromatic heterocycles. The Hall–Kier alpha value is -1.92. The molecule has 172 valence electrons. The van der Waals surface area contributed by atoms with Crippen molar-refractivity contribution in [1.82, 2.24) is 15.1 Å². The topological polar surface area (TPSA) is 72.9 Å². The van der Waals surface area contributed by atoms with Crippen LogP contribution in [-0.2, 0) is 9.59 Å². The Labute approximate surface area is 187 Å². The Kier molecular flexibility index (Phi) is 9.82. The van der Waals surface area contributed by atoms with Crippen molar-refractivity contribution >= 4 is 11.8 Å². The van der Waals surface area contributed by atoms with E-state index >= 15 is 0 Å². The second kappa shape index (κ2) is 12.8. The first-order chi connectivity index (χ1) is 15.1. The first-order valence-corrected chi connectivity index (χ1v) is 12.1. The highest BCUT2D eigenvalue weighted by Gasteiger charge is 2.26. The maximum atomic E-state index is 12.6. The molecule has 31 heavy (non-hydrogen) atoms. The Morgan fingerprint density at radius 3 is 2.68 bits per heavy atom. The van der Waals surface area contributed by atoms with E-state index in [-0.39, 0.29) is 17.9 Å². The molecular formula is C25H39N3O3. The molecule has 0 unspecified atom stereocenters. The maximum absolute atomic E-state index is 12.6. The number of rotatable bonds is 9. The molecule has 2 amide bonds. The molecule has 0 bridgehead atoms. The van der Waals surface area contributed by atoms with Gasteiger partial charge in [-0.05, 0) is 50.6 Å².